The number of aliphatic hydroxyl groups is 3. The fraction of sp³-hybridized carbons (Fsp3) is 0.538. The Balaban J connectivity index is 0. The van der Waals surface area contributed by atoms with Crippen molar-refractivity contribution >= 4 is 33.5 Å². The third-order valence-corrected chi connectivity index (χ3v) is 3.09. The number of hydrogen-bond acceptors (Lipinski definition) is 5. The van der Waals surface area contributed by atoms with Gasteiger partial charge in [0.2, 0.25) is 0 Å². The topological polar surface area (TPSA) is 105 Å². The van der Waals surface area contributed by atoms with E-state index in [9.17, 15) is 5.11 Å². The molecule has 1 aromatic carbocycles. The minimum absolute atomic E-state index is 0. The van der Waals surface area contributed by atoms with Crippen LogP contribution in [0.5, 0.6) is 5.75 Å². The molecule has 120 valence electrons. The average Bonchev–Trinajstić information content (AvgIpc) is 2.39. The number of rotatable bonds is 9. The Morgan fingerprint density at radius 3 is 2.10 bits per heavy atom. The molecule has 1 aromatic rings. The Kier molecular flexibility index (Phi) is 14.9. The van der Waals surface area contributed by atoms with Gasteiger partial charge in [0.25, 0.3) is 0 Å². The normalized spacial score (nSPS) is 11.5. The predicted octanol–water partition coefficient (Wildman–Crippen LogP) is -0.730. The van der Waals surface area contributed by atoms with Gasteiger partial charge in [-0.1, -0.05) is 15.9 Å². The van der Waals surface area contributed by atoms with Gasteiger partial charge in [0.15, 0.2) is 0 Å². The molecular formula is C13H22BrGeNO5. The van der Waals surface area contributed by atoms with Crippen LogP contribution in [-0.2, 0) is 0 Å². The van der Waals surface area contributed by atoms with E-state index in [0.29, 0.717) is 25.4 Å². The number of ether oxygens (including phenoxy) is 1. The van der Waals surface area contributed by atoms with Gasteiger partial charge in [-0.15, -0.1) is 0 Å². The van der Waals surface area contributed by atoms with Gasteiger partial charge in [-0.3, -0.25) is 4.90 Å². The smallest absolute Gasteiger partial charge is 0.119 e. The summed E-state index contributed by atoms with van der Waals surface area (Å²) < 4.78 is 6.43. The van der Waals surface area contributed by atoms with Crippen LogP contribution in [0.15, 0.2) is 28.7 Å². The van der Waals surface area contributed by atoms with Crippen LogP contribution >= 0.6 is 15.9 Å². The molecular weight excluding hydrogens is 403 g/mol. The number of nitrogens with zero attached hydrogens (tertiary/aromatic N) is 1. The molecule has 21 heavy (non-hydrogen) atoms. The van der Waals surface area contributed by atoms with Gasteiger partial charge < -0.3 is 25.5 Å². The van der Waals surface area contributed by atoms with Crippen molar-refractivity contribution in [2.75, 3.05) is 39.5 Å². The summed E-state index contributed by atoms with van der Waals surface area (Å²) in [7, 11) is 0. The maximum Gasteiger partial charge on any atom is 0.119 e. The maximum absolute atomic E-state index is 9.85. The Morgan fingerprint density at radius 1 is 1.10 bits per heavy atom. The second-order valence-corrected chi connectivity index (χ2v) is 5.08. The molecule has 0 heterocycles. The molecule has 0 saturated heterocycles. The van der Waals surface area contributed by atoms with Crippen LogP contribution in [0.25, 0.3) is 0 Å². The summed E-state index contributed by atoms with van der Waals surface area (Å²) >= 11 is 3.33. The summed E-state index contributed by atoms with van der Waals surface area (Å²) in [5.41, 5.74) is 0. The monoisotopic (exact) mass is 425 g/mol. The van der Waals surface area contributed by atoms with Crippen molar-refractivity contribution in [2.45, 2.75) is 6.10 Å². The molecule has 0 amide bonds. The molecule has 0 bridgehead atoms. The Morgan fingerprint density at radius 2 is 1.62 bits per heavy atom. The molecule has 0 aliphatic carbocycles. The zero-order chi connectivity index (χ0) is 14.1. The molecule has 5 N–H and O–H groups in total. The van der Waals surface area contributed by atoms with Gasteiger partial charge in [0.05, 0.1) is 13.2 Å². The van der Waals surface area contributed by atoms with Gasteiger partial charge >= 0.3 is 0 Å². The third-order valence-electron chi connectivity index (χ3n) is 2.56. The standard InChI is InChI=1S/C13H20BrNO4.Ge.H2O/c14-11-1-3-13(4-2-11)19-10-12(18)9-15(5-7-16)6-8-17;;/h1-4,12,16-18H,5-10H2;;1H2. The van der Waals surface area contributed by atoms with E-state index >= 15 is 0 Å². The number of aliphatic hydroxyl groups excluding tert-OH is 3. The van der Waals surface area contributed by atoms with Crippen LogP contribution in [-0.4, -0.2) is 88.9 Å². The van der Waals surface area contributed by atoms with E-state index in [1.807, 2.05) is 24.3 Å². The van der Waals surface area contributed by atoms with Gasteiger partial charge in [-0.2, -0.15) is 0 Å². The van der Waals surface area contributed by atoms with Gasteiger partial charge in [-0.05, 0) is 24.3 Å². The summed E-state index contributed by atoms with van der Waals surface area (Å²) in [5.74, 6) is 0.693. The summed E-state index contributed by atoms with van der Waals surface area (Å²) in [6.45, 7) is 1.39. The van der Waals surface area contributed by atoms with E-state index in [0.717, 1.165) is 4.47 Å². The van der Waals surface area contributed by atoms with Crippen LogP contribution in [0, 0.1) is 0 Å². The van der Waals surface area contributed by atoms with Crippen molar-refractivity contribution in [3.8, 4) is 5.75 Å². The van der Waals surface area contributed by atoms with Gasteiger partial charge in [0, 0.05) is 41.7 Å². The fourth-order valence-corrected chi connectivity index (χ4v) is 1.92. The van der Waals surface area contributed by atoms with Crippen molar-refractivity contribution in [3.05, 3.63) is 28.7 Å². The van der Waals surface area contributed by atoms with E-state index in [2.05, 4.69) is 15.9 Å². The van der Waals surface area contributed by atoms with Gasteiger partial charge in [0.1, 0.15) is 18.5 Å². The molecule has 0 spiro atoms. The maximum atomic E-state index is 9.85. The summed E-state index contributed by atoms with van der Waals surface area (Å²) in [6, 6.07) is 7.36. The zero-order valence-electron chi connectivity index (χ0n) is 11.7. The fourth-order valence-electron chi connectivity index (χ4n) is 1.65. The minimum atomic E-state index is -0.665. The van der Waals surface area contributed by atoms with Crippen molar-refractivity contribution in [2.24, 2.45) is 0 Å². The van der Waals surface area contributed by atoms with Crippen LogP contribution in [0.3, 0.4) is 0 Å². The van der Waals surface area contributed by atoms with Crippen molar-refractivity contribution in [1.29, 1.82) is 0 Å². The van der Waals surface area contributed by atoms with E-state index < -0.39 is 6.10 Å². The molecule has 8 heteroatoms. The van der Waals surface area contributed by atoms with E-state index in [4.69, 9.17) is 14.9 Å². The largest absolute Gasteiger partial charge is 0.491 e. The summed E-state index contributed by atoms with van der Waals surface area (Å²) in [6.07, 6.45) is -0.665. The number of halogens is 1. The van der Waals surface area contributed by atoms with Gasteiger partial charge in [-0.25, -0.2) is 0 Å². The first kappa shape index (κ1) is 23.1. The molecule has 1 rings (SSSR count). The summed E-state index contributed by atoms with van der Waals surface area (Å²) in [4.78, 5) is 1.79. The Labute approximate surface area is 144 Å². The first-order valence-electron chi connectivity index (χ1n) is 6.16. The predicted molar refractivity (Wildman–Crippen MR) is 85.6 cm³/mol. The molecule has 0 saturated carbocycles. The van der Waals surface area contributed by atoms with E-state index in [-0.39, 0.29) is 42.9 Å². The second kappa shape index (κ2) is 13.5. The molecule has 1 atom stereocenters. The minimum Gasteiger partial charge on any atom is -0.491 e. The van der Waals surface area contributed by atoms with E-state index in [1.54, 1.807) is 4.90 Å². The van der Waals surface area contributed by atoms with Crippen LogP contribution in [0.4, 0.5) is 0 Å². The zero-order valence-corrected chi connectivity index (χ0v) is 15.4. The van der Waals surface area contributed by atoms with Crippen LogP contribution in [0.2, 0.25) is 0 Å². The molecule has 0 aliphatic rings. The quantitative estimate of drug-likeness (QED) is 0.453. The SMILES string of the molecule is O.OCCN(CCO)CC(O)COc1ccc(Br)cc1.[Ge]. The van der Waals surface area contributed by atoms with Crippen LogP contribution in [0.1, 0.15) is 0 Å². The van der Waals surface area contributed by atoms with Crippen molar-refractivity contribution in [1.82, 2.24) is 4.90 Å². The second-order valence-electron chi connectivity index (χ2n) is 4.17. The molecule has 0 fully saturated rings. The Hall–Kier alpha value is -0.157. The first-order chi connectivity index (χ1) is 9.15. The summed E-state index contributed by atoms with van der Waals surface area (Å²) in [5, 5.41) is 27.6. The third kappa shape index (κ3) is 10.2. The average molecular weight is 425 g/mol. The Bertz CT molecular complexity index is 349. The molecule has 0 aliphatic heterocycles. The number of benzene rings is 1. The molecule has 4 radical (unpaired) electrons. The first-order valence-corrected chi connectivity index (χ1v) is 6.95. The molecule has 6 nitrogen and oxygen atoms in total. The number of hydrogen-bond donors (Lipinski definition) is 3. The molecule has 1 unspecified atom stereocenters. The van der Waals surface area contributed by atoms with Crippen molar-refractivity contribution < 1.29 is 25.5 Å². The van der Waals surface area contributed by atoms with Crippen molar-refractivity contribution in [3.63, 3.8) is 0 Å². The van der Waals surface area contributed by atoms with Crippen LogP contribution < -0.4 is 4.74 Å². The van der Waals surface area contributed by atoms with E-state index in [1.165, 1.54) is 0 Å². The molecule has 0 aromatic heterocycles.